The van der Waals surface area contributed by atoms with E-state index < -0.39 is 0 Å². The Bertz CT molecular complexity index is 453. The third-order valence-electron chi connectivity index (χ3n) is 3.81. The van der Waals surface area contributed by atoms with Crippen molar-refractivity contribution in [3.05, 3.63) is 47.5 Å². The van der Waals surface area contributed by atoms with E-state index in [1.807, 2.05) is 30.3 Å². The van der Waals surface area contributed by atoms with Crippen LogP contribution >= 0.6 is 0 Å². The molecule has 0 saturated carbocycles. The van der Waals surface area contributed by atoms with Gasteiger partial charge in [-0.05, 0) is 37.7 Å². The third-order valence-corrected chi connectivity index (χ3v) is 3.81. The second-order valence-corrected chi connectivity index (χ2v) is 5.41. The predicted molar refractivity (Wildman–Crippen MR) is 82.2 cm³/mol. The number of nitrogens with two attached hydrogens (primary N) is 1. The molecule has 2 rings (SSSR count). The van der Waals surface area contributed by atoms with Gasteiger partial charge >= 0.3 is 0 Å². The summed E-state index contributed by atoms with van der Waals surface area (Å²) in [5.74, 6) is 0.106. The Kier molecular flexibility index (Phi) is 5.81. The van der Waals surface area contributed by atoms with E-state index in [2.05, 4.69) is 11.4 Å². The van der Waals surface area contributed by atoms with Gasteiger partial charge in [-0.1, -0.05) is 42.0 Å². The van der Waals surface area contributed by atoms with Gasteiger partial charge < -0.3 is 11.1 Å². The first-order valence-corrected chi connectivity index (χ1v) is 7.51. The van der Waals surface area contributed by atoms with Crippen molar-refractivity contribution in [3.8, 4) is 0 Å². The van der Waals surface area contributed by atoms with Crippen molar-refractivity contribution in [1.82, 2.24) is 5.32 Å². The van der Waals surface area contributed by atoms with Crippen LogP contribution in [0.15, 0.2) is 42.0 Å². The van der Waals surface area contributed by atoms with E-state index in [-0.39, 0.29) is 11.9 Å². The minimum absolute atomic E-state index is 0.0560. The summed E-state index contributed by atoms with van der Waals surface area (Å²) >= 11 is 0. The molecule has 0 aromatic heterocycles. The summed E-state index contributed by atoms with van der Waals surface area (Å²) in [7, 11) is 0. The fourth-order valence-corrected chi connectivity index (χ4v) is 2.57. The number of allylic oxidation sites excluding steroid dienone is 1. The number of nitrogens with one attached hydrogen (secondary N) is 1. The van der Waals surface area contributed by atoms with Crippen molar-refractivity contribution in [2.24, 2.45) is 5.73 Å². The molecule has 3 N–H and O–H groups in total. The lowest BCUT2D eigenvalue weighted by atomic mass is 10.0. The van der Waals surface area contributed by atoms with E-state index in [1.54, 1.807) is 0 Å². The summed E-state index contributed by atoms with van der Waals surface area (Å²) in [6, 6.07) is 9.89. The molecule has 1 aliphatic rings. The van der Waals surface area contributed by atoms with Gasteiger partial charge in [0.25, 0.3) is 0 Å². The number of hydrogen-bond acceptors (Lipinski definition) is 2. The molecule has 0 aliphatic heterocycles. The molecular formula is C17H24N2O. The van der Waals surface area contributed by atoms with Crippen LogP contribution in [0.25, 0.3) is 0 Å². The lowest BCUT2D eigenvalue weighted by Gasteiger charge is -2.12. The molecule has 0 radical (unpaired) electrons. The van der Waals surface area contributed by atoms with Crippen LogP contribution in [0.5, 0.6) is 0 Å². The second-order valence-electron chi connectivity index (χ2n) is 5.41. The first-order valence-electron chi connectivity index (χ1n) is 7.51. The van der Waals surface area contributed by atoms with Gasteiger partial charge in [-0.25, -0.2) is 0 Å². The summed E-state index contributed by atoms with van der Waals surface area (Å²) < 4.78 is 0. The van der Waals surface area contributed by atoms with Gasteiger partial charge in [-0.2, -0.15) is 0 Å². The molecule has 0 bridgehead atoms. The maximum Gasteiger partial charge on any atom is 0.220 e. The molecule has 0 fully saturated rings. The molecule has 0 spiro atoms. The van der Waals surface area contributed by atoms with Crippen molar-refractivity contribution < 1.29 is 4.79 Å². The fourth-order valence-electron chi connectivity index (χ4n) is 2.57. The van der Waals surface area contributed by atoms with Gasteiger partial charge in [0.05, 0.1) is 0 Å². The Balaban J connectivity index is 1.62. The van der Waals surface area contributed by atoms with Gasteiger partial charge in [0.2, 0.25) is 5.91 Å². The van der Waals surface area contributed by atoms with E-state index in [4.69, 9.17) is 5.73 Å². The van der Waals surface area contributed by atoms with Crippen molar-refractivity contribution in [2.75, 3.05) is 6.54 Å². The molecule has 0 heterocycles. The van der Waals surface area contributed by atoms with Gasteiger partial charge in [0.15, 0.2) is 0 Å². The minimum Gasteiger partial charge on any atom is -0.356 e. The normalized spacial score (nSPS) is 15.8. The highest BCUT2D eigenvalue weighted by molar-refractivity contribution is 5.75. The maximum atomic E-state index is 11.8. The first-order chi connectivity index (χ1) is 9.75. The molecular weight excluding hydrogens is 248 g/mol. The molecule has 20 heavy (non-hydrogen) atoms. The van der Waals surface area contributed by atoms with Crippen LogP contribution < -0.4 is 11.1 Å². The predicted octanol–water partition coefficient (Wildman–Crippen LogP) is 3.08. The van der Waals surface area contributed by atoms with Crippen LogP contribution in [-0.2, 0) is 4.79 Å². The minimum atomic E-state index is -0.0560. The van der Waals surface area contributed by atoms with Crippen LogP contribution in [0.4, 0.5) is 0 Å². The largest absolute Gasteiger partial charge is 0.356 e. The highest BCUT2D eigenvalue weighted by Gasteiger charge is 2.09. The smallest absolute Gasteiger partial charge is 0.220 e. The van der Waals surface area contributed by atoms with Gasteiger partial charge in [-0.3, -0.25) is 4.79 Å². The molecule has 0 saturated heterocycles. The molecule has 1 amide bonds. The van der Waals surface area contributed by atoms with Crippen molar-refractivity contribution >= 4 is 5.91 Å². The molecule has 3 nitrogen and oxygen atoms in total. The SMILES string of the molecule is NC(CCC(=O)NCCC1=CCCC1)c1ccccc1. The lowest BCUT2D eigenvalue weighted by Crippen LogP contribution is -2.25. The summed E-state index contributed by atoms with van der Waals surface area (Å²) in [5, 5.41) is 2.98. The highest BCUT2D eigenvalue weighted by atomic mass is 16.1. The molecule has 1 aromatic rings. The number of amides is 1. The lowest BCUT2D eigenvalue weighted by molar-refractivity contribution is -0.121. The quantitative estimate of drug-likeness (QED) is 0.749. The molecule has 1 atom stereocenters. The third kappa shape index (κ3) is 4.82. The zero-order chi connectivity index (χ0) is 14.2. The van der Waals surface area contributed by atoms with Crippen LogP contribution in [0.1, 0.15) is 50.1 Å². The first kappa shape index (κ1) is 14.8. The van der Waals surface area contributed by atoms with E-state index in [0.717, 1.165) is 18.5 Å². The standard InChI is InChI=1S/C17H24N2O/c18-16(15-8-2-1-3-9-15)10-11-17(20)19-13-12-14-6-4-5-7-14/h1-3,6,8-9,16H,4-5,7,10-13,18H2,(H,19,20). The Labute approximate surface area is 121 Å². The van der Waals surface area contributed by atoms with E-state index in [0.29, 0.717) is 12.8 Å². The van der Waals surface area contributed by atoms with Gasteiger partial charge in [0, 0.05) is 19.0 Å². The molecule has 1 aromatic carbocycles. The number of carbonyl (C=O) groups excluding carboxylic acids is 1. The summed E-state index contributed by atoms with van der Waals surface area (Å²) in [5.41, 5.74) is 8.67. The number of carbonyl (C=O) groups is 1. The van der Waals surface area contributed by atoms with E-state index in [9.17, 15) is 4.79 Å². The Morgan fingerprint density at radius 3 is 2.80 bits per heavy atom. The van der Waals surface area contributed by atoms with Crippen LogP contribution in [0.2, 0.25) is 0 Å². The van der Waals surface area contributed by atoms with E-state index in [1.165, 1.54) is 24.8 Å². The average Bonchev–Trinajstić information content (AvgIpc) is 2.99. The van der Waals surface area contributed by atoms with Crippen LogP contribution in [0.3, 0.4) is 0 Å². The van der Waals surface area contributed by atoms with Crippen molar-refractivity contribution in [2.45, 2.75) is 44.6 Å². The topological polar surface area (TPSA) is 55.1 Å². The zero-order valence-corrected chi connectivity index (χ0v) is 12.0. The van der Waals surface area contributed by atoms with Crippen LogP contribution in [0, 0.1) is 0 Å². The fraction of sp³-hybridized carbons (Fsp3) is 0.471. The molecule has 1 aliphatic carbocycles. The monoisotopic (exact) mass is 272 g/mol. The Morgan fingerprint density at radius 2 is 2.10 bits per heavy atom. The van der Waals surface area contributed by atoms with Crippen molar-refractivity contribution in [3.63, 3.8) is 0 Å². The maximum absolute atomic E-state index is 11.8. The molecule has 108 valence electrons. The molecule has 1 unspecified atom stereocenters. The summed E-state index contributed by atoms with van der Waals surface area (Å²) in [6.07, 6.45) is 8.17. The Hall–Kier alpha value is -1.61. The van der Waals surface area contributed by atoms with Gasteiger partial charge in [-0.15, -0.1) is 0 Å². The molecule has 3 heteroatoms. The Morgan fingerprint density at radius 1 is 1.30 bits per heavy atom. The second kappa shape index (κ2) is 7.85. The van der Waals surface area contributed by atoms with E-state index >= 15 is 0 Å². The number of benzene rings is 1. The summed E-state index contributed by atoms with van der Waals surface area (Å²) in [6.45, 7) is 0.755. The summed E-state index contributed by atoms with van der Waals surface area (Å²) in [4.78, 5) is 11.8. The van der Waals surface area contributed by atoms with Gasteiger partial charge in [0.1, 0.15) is 0 Å². The van der Waals surface area contributed by atoms with Crippen LogP contribution in [-0.4, -0.2) is 12.5 Å². The zero-order valence-electron chi connectivity index (χ0n) is 12.0. The average molecular weight is 272 g/mol. The number of rotatable bonds is 7. The number of hydrogen-bond donors (Lipinski definition) is 2. The highest BCUT2D eigenvalue weighted by Crippen LogP contribution is 2.19. The van der Waals surface area contributed by atoms with Crippen molar-refractivity contribution in [1.29, 1.82) is 0 Å².